The molecule has 1 unspecified atom stereocenters. The van der Waals surface area contributed by atoms with Gasteiger partial charge in [0.15, 0.2) is 0 Å². The van der Waals surface area contributed by atoms with Crippen LogP contribution in [0.25, 0.3) is 0 Å². The summed E-state index contributed by atoms with van der Waals surface area (Å²) in [6.45, 7) is -0.0443. The normalized spacial score (nSPS) is 18.3. The lowest BCUT2D eigenvalue weighted by atomic mass is 10.1. The van der Waals surface area contributed by atoms with Crippen LogP contribution in [-0.4, -0.2) is 17.6 Å². The lowest BCUT2D eigenvalue weighted by Gasteiger charge is -2.16. The third-order valence-corrected chi connectivity index (χ3v) is 3.54. The van der Waals surface area contributed by atoms with Crippen molar-refractivity contribution in [1.29, 1.82) is 0 Å². The van der Waals surface area contributed by atoms with Crippen molar-refractivity contribution >= 4 is 11.6 Å². The van der Waals surface area contributed by atoms with Gasteiger partial charge in [-0.15, -0.1) is 0 Å². The van der Waals surface area contributed by atoms with Gasteiger partial charge >= 0.3 is 6.18 Å². The lowest BCUT2D eigenvalue weighted by Crippen LogP contribution is -2.45. The summed E-state index contributed by atoms with van der Waals surface area (Å²) < 4.78 is 38.4. The average molecular weight is 351 g/mol. The maximum Gasteiger partial charge on any atom is 0.416 e. The van der Waals surface area contributed by atoms with Crippen LogP contribution in [0.2, 0.25) is 0 Å². The molecular formula is C16H16F3N5O. The van der Waals surface area contributed by atoms with Crippen LogP contribution in [0.4, 0.5) is 18.9 Å². The minimum Gasteiger partial charge on any atom is -0.325 e. The van der Waals surface area contributed by atoms with Crippen LogP contribution in [0.5, 0.6) is 0 Å². The summed E-state index contributed by atoms with van der Waals surface area (Å²) in [7, 11) is 0. The summed E-state index contributed by atoms with van der Waals surface area (Å²) in [5.74, 6) is -0.280. The molecule has 2 aromatic rings. The molecule has 0 aliphatic carbocycles. The number of hydrogen-bond donors (Lipinski definition) is 4. The van der Waals surface area contributed by atoms with Gasteiger partial charge in [0.2, 0.25) is 5.91 Å². The Hall–Kier alpha value is -2.46. The third-order valence-electron chi connectivity index (χ3n) is 3.54. The Morgan fingerprint density at radius 2 is 1.88 bits per heavy atom. The number of benzene rings is 2. The Bertz CT molecular complexity index is 738. The molecular weight excluding hydrogens is 335 g/mol. The summed E-state index contributed by atoms with van der Waals surface area (Å²) in [5, 5.41) is 4.08. The molecule has 1 amide bonds. The van der Waals surface area contributed by atoms with Crippen LogP contribution in [-0.2, 0) is 11.0 Å². The fourth-order valence-electron chi connectivity index (χ4n) is 2.37. The molecule has 0 spiro atoms. The van der Waals surface area contributed by atoms with Crippen molar-refractivity contribution in [2.45, 2.75) is 12.3 Å². The second-order valence-electron chi connectivity index (χ2n) is 5.44. The van der Waals surface area contributed by atoms with Crippen LogP contribution in [0.3, 0.4) is 0 Å². The van der Waals surface area contributed by atoms with Gasteiger partial charge in [0.1, 0.15) is 12.7 Å². The summed E-state index contributed by atoms with van der Waals surface area (Å²) >= 11 is 0. The van der Waals surface area contributed by atoms with Gasteiger partial charge in [-0.1, -0.05) is 30.3 Å². The summed E-state index contributed by atoms with van der Waals surface area (Å²) in [5.41, 5.74) is 8.71. The number of halogens is 3. The topological polar surface area (TPSA) is 68.4 Å². The van der Waals surface area contributed by atoms with Gasteiger partial charge in [-0.25, -0.2) is 10.9 Å². The molecule has 0 radical (unpaired) electrons. The standard InChI is InChI=1S/C16H16F3N5O/c17-16(18,19)12-6-4-5-11(9-12)15-21-23-24(22-15)10-14(25)20-13-7-2-1-3-8-13/h1-9,15,21-23H,10H2,(H,20,25). The molecule has 0 bridgehead atoms. The molecule has 6 nitrogen and oxygen atoms in total. The van der Waals surface area contributed by atoms with E-state index in [1.165, 1.54) is 11.2 Å². The van der Waals surface area contributed by atoms with E-state index in [2.05, 4.69) is 21.7 Å². The Labute approximate surface area is 141 Å². The first-order valence-electron chi connectivity index (χ1n) is 7.49. The van der Waals surface area contributed by atoms with Crippen molar-refractivity contribution in [3.05, 3.63) is 65.7 Å². The van der Waals surface area contributed by atoms with Crippen molar-refractivity contribution in [2.75, 3.05) is 11.9 Å². The van der Waals surface area contributed by atoms with Crippen LogP contribution in [0, 0.1) is 0 Å². The van der Waals surface area contributed by atoms with E-state index in [4.69, 9.17) is 0 Å². The highest BCUT2D eigenvalue weighted by Crippen LogP contribution is 2.30. The first-order chi connectivity index (χ1) is 11.9. The molecule has 2 aromatic carbocycles. The zero-order valence-electron chi connectivity index (χ0n) is 13.0. The van der Waals surface area contributed by atoms with Gasteiger partial charge < -0.3 is 5.32 Å². The first kappa shape index (κ1) is 17.4. The van der Waals surface area contributed by atoms with Gasteiger partial charge in [0, 0.05) is 5.69 Å². The van der Waals surface area contributed by atoms with E-state index < -0.39 is 17.9 Å². The van der Waals surface area contributed by atoms with Gasteiger partial charge in [-0.3, -0.25) is 4.79 Å². The summed E-state index contributed by atoms with van der Waals surface area (Å²) in [6.07, 6.45) is -5.00. The fourth-order valence-corrected chi connectivity index (χ4v) is 2.37. The van der Waals surface area contributed by atoms with E-state index in [1.54, 1.807) is 30.3 Å². The maximum atomic E-state index is 12.8. The van der Waals surface area contributed by atoms with E-state index in [0.717, 1.165) is 12.1 Å². The predicted octanol–water partition coefficient (Wildman–Crippen LogP) is 2.17. The largest absolute Gasteiger partial charge is 0.416 e. The number of carbonyl (C=O) groups is 1. The Kier molecular flexibility index (Phi) is 5.00. The molecule has 3 rings (SSSR count). The van der Waals surface area contributed by atoms with Gasteiger partial charge in [-0.2, -0.15) is 23.8 Å². The molecule has 1 aliphatic rings. The lowest BCUT2D eigenvalue weighted by molar-refractivity contribution is -0.137. The highest BCUT2D eigenvalue weighted by Gasteiger charge is 2.32. The van der Waals surface area contributed by atoms with E-state index in [9.17, 15) is 18.0 Å². The second-order valence-corrected chi connectivity index (χ2v) is 5.44. The molecule has 9 heteroatoms. The monoisotopic (exact) mass is 351 g/mol. The minimum atomic E-state index is -4.41. The summed E-state index contributed by atoms with van der Waals surface area (Å²) in [4.78, 5) is 12.0. The number of rotatable bonds is 4. The van der Waals surface area contributed by atoms with Crippen molar-refractivity contribution in [1.82, 2.24) is 21.5 Å². The Morgan fingerprint density at radius 1 is 1.12 bits per heavy atom. The van der Waals surface area contributed by atoms with Crippen molar-refractivity contribution < 1.29 is 18.0 Å². The first-order valence-corrected chi connectivity index (χ1v) is 7.49. The maximum absolute atomic E-state index is 12.8. The van der Waals surface area contributed by atoms with Gasteiger partial charge in [0.05, 0.1) is 5.56 Å². The molecule has 1 heterocycles. The number of carbonyl (C=O) groups excluding carboxylic acids is 1. The number of hydrogen-bond acceptors (Lipinski definition) is 5. The SMILES string of the molecule is O=C(CN1NNC(c2cccc(C(F)(F)F)c2)N1)Nc1ccccc1. The highest BCUT2D eigenvalue weighted by molar-refractivity contribution is 5.92. The summed E-state index contributed by atoms with van der Waals surface area (Å²) in [6, 6.07) is 13.9. The number of alkyl halides is 3. The number of nitrogens with one attached hydrogen (secondary N) is 4. The number of nitrogens with zero attached hydrogens (tertiary/aromatic N) is 1. The zero-order chi connectivity index (χ0) is 17.9. The van der Waals surface area contributed by atoms with Crippen molar-refractivity contribution in [2.24, 2.45) is 0 Å². The molecule has 132 valence electrons. The van der Waals surface area contributed by atoms with Crippen LogP contribution in [0.15, 0.2) is 54.6 Å². The number of amides is 1. The molecule has 1 saturated heterocycles. The number of para-hydroxylation sites is 1. The highest BCUT2D eigenvalue weighted by atomic mass is 19.4. The third kappa shape index (κ3) is 4.54. The minimum absolute atomic E-state index is 0.0443. The van der Waals surface area contributed by atoms with Crippen LogP contribution < -0.4 is 21.7 Å². The van der Waals surface area contributed by atoms with Crippen molar-refractivity contribution in [3.63, 3.8) is 0 Å². The molecule has 0 saturated carbocycles. The molecule has 0 aromatic heterocycles. The second kappa shape index (κ2) is 7.19. The predicted molar refractivity (Wildman–Crippen MR) is 85.4 cm³/mol. The van der Waals surface area contributed by atoms with Gasteiger partial charge in [0.25, 0.3) is 0 Å². The number of hydrazine groups is 3. The molecule has 1 fully saturated rings. The van der Waals surface area contributed by atoms with Crippen molar-refractivity contribution in [3.8, 4) is 0 Å². The van der Waals surface area contributed by atoms with Crippen LogP contribution in [0.1, 0.15) is 17.3 Å². The molecule has 25 heavy (non-hydrogen) atoms. The number of anilines is 1. The van der Waals surface area contributed by atoms with Crippen LogP contribution >= 0.6 is 0 Å². The molecule has 1 atom stereocenters. The van der Waals surface area contributed by atoms with E-state index in [1.807, 2.05) is 6.07 Å². The Morgan fingerprint density at radius 3 is 2.60 bits per heavy atom. The zero-order valence-corrected chi connectivity index (χ0v) is 13.0. The fraction of sp³-hybridized carbons (Fsp3) is 0.188. The molecule has 1 aliphatic heterocycles. The van der Waals surface area contributed by atoms with E-state index in [-0.39, 0.29) is 12.5 Å². The average Bonchev–Trinajstić information content (AvgIpc) is 3.03. The Balaban J connectivity index is 1.58. The van der Waals surface area contributed by atoms with E-state index >= 15 is 0 Å². The van der Waals surface area contributed by atoms with Gasteiger partial charge in [-0.05, 0) is 29.8 Å². The smallest absolute Gasteiger partial charge is 0.325 e. The quantitative estimate of drug-likeness (QED) is 0.680. The molecule has 4 N–H and O–H groups in total. The van der Waals surface area contributed by atoms with E-state index in [0.29, 0.717) is 11.3 Å².